The van der Waals surface area contributed by atoms with Crippen LogP contribution in [0.1, 0.15) is 58.4 Å². The molecule has 2 aromatic rings. The van der Waals surface area contributed by atoms with E-state index < -0.39 is 11.7 Å². The lowest BCUT2D eigenvalue weighted by Crippen LogP contribution is -2.49. The smallest absolute Gasteiger partial charge is 0.416 e. The highest BCUT2D eigenvalue weighted by atomic mass is 19.4. The normalized spacial score (nSPS) is 18.8. The van der Waals surface area contributed by atoms with Crippen LogP contribution in [0.5, 0.6) is 5.75 Å². The molecule has 2 aromatic carbocycles. The summed E-state index contributed by atoms with van der Waals surface area (Å²) in [6.45, 7) is 11.2. The van der Waals surface area contributed by atoms with Crippen molar-refractivity contribution in [1.82, 2.24) is 9.80 Å². The number of amides is 1. The van der Waals surface area contributed by atoms with Crippen LogP contribution in [0.25, 0.3) is 0 Å². The lowest BCUT2D eigenvalue weighted by atomic mass is 9.96. The molecule has 2 heterocycles. The van der Waals surface area contributed by atoms with Crippen molar-refractivity contribution in [2.75, 3.05) is 46.0 Å². The van der Waals surface area contributed by atoms with Crippen LogP contribution >= 0.6 is 0 Å². The van der Waals surface area contributed by atoms with Gasteiger partial charge < -0.3 is 14.4 Å². The Morgan fingerprint density at radius 2 is 1.64 bits per heavy atom. The molecule has 0 bridgehead atoms. The van der Waals surface area contributed by atoms with Crippen molar-refractivity contribution in [3.8, 4) is 5.75 Å². The van der Waals surface area contributed by atoms with Crippen LogP contribution in [0.4, 0.5) is 13.2 Å². The minimum atomic E-state index is -4.41. The molecule has 8 heteroatoms. The second-order valence-corrected chi connectivity index (χ2v) is 9.85. The molecule has 0 N–H and O–H groups in total. The molecule has 0 unspecified atom stereocenters. The van der Waals surface area contributed by atoms with Crippen molar-refractivity contribution >= 4 is 5.91 Å². The van der Waals surface area contributed by atoms with Gasteiger partial charge in [0.1, 0.15) is 5.75 Å². The summed E-state index contributed by atoms with van der Waals surface area (Å²) >= 11 is 0. The Morgan fingerprint density at radius 1 is 1.00 bits per heavy atom. The number of nitrogens with zero attached hydrogens (tertiary/aromatic N) is 2. The van der Waals surface area contributed by atoms with Gasteiger partial charge in [0.05, 0.1) is 12.2 Å². The van der Waals surface area contributed by atoms with Gasteiger partial charge in [-0.15, -0.1) is 0 Å². The van der Waals surface area contributed by atoms with Gasteiger partial charge in [0, 0.05) is 51.0 Å². The van der Waals surface area contributed by atoms with Crippen LogP contribution in [0.3, 0.4) is 0 Å². The van der Waals surface area contributed by atoms with Crippen LogP contribution in [0, 0.1) is 19.8 Å². The van der Waals surface area contributed by atoms with E-state index in [1.54, 1.807) is 4.90 Å². The molecule has 4 rings (SSSR count). The summed E-state index contributed by atoms with van der Waals surface area (Å²) in [4.78, 5) is 16.9. The predicted octanol–water partition coefficient (Wildman–Crippen LogP) is 5.65. The molecule has 2 saturated heterocycles. The van der Waals surface area contributed by atoms with E-state index in [2.05, 4.69) is 37.8 Å². The third-order valence-electron chi connectivity index (χ3n) is 7.65. The second-order valence-electron chi connectivity index (χ2n) is 9.85. The second kappa shape index (κ2) is 11.2. The van der Waals surface area contributed by atoms with Crippen LogP contribution < -0.4 is 4.74 Å². The van der Waals surface area contributed by atoms with E-state index in [0.717, 1.165) is 49.5 Å². The van der Waals surface area contributed by atoms with Gasteiger partial charge in [-0.2, -0.15) is 13.2 Å². The van der Waals surface area contributed by atoms with Gasteiger partial charge in [0.15, 0.2) is 0 Å². The van der Waals surface area contributed by atoms with Gasteiger partial charge in [0.25, 0.3) is 5.91 Å². The number of hydrogen-bond donors (Lipinski definition) is 0. The van der Waals surface area contributed by atoms with Crippen molar-refractivity contribution in [1.29, 1.82) is 0 Å². The summed E-state index contributed by atoms with van der Waals surface area (Å²) < 4.78 is 50.0. The van der Waals surface area contributed by atoms with Gasteiger partial charge in [-0.25, -0.2) is 0 Å². The third kappa shape index (κ3) is 6.03. The summed E-state index contributed by atoms with van der Waals surface area (Å²) in [5.41, 5.74) is 3.15. The standard InChI is InChI=1S/C28H35F3N2O3/c1-19-20(2)26(36-18-22-10-16-35-17-11-22)9-8-25(19)21(3)32-12-14-33(15-13-32)27(34)23-4-6-24(7-5-23)28(29,30)31/h4-9,21-22H,10-18H2,1-3H3/t21-/m1/s1. The highest BCUT2D eigenvalue weighted by molar-refractivity contribution is 5.94. The lowest BCUT2D eigenvalue weighted by molar-refractivity contribution is -0.137. The molecule has 0 radical (unpaired) electrons. The number of carbonyl (C=O) groups is 1. The largest absolute Gasteiger partial charge is 0.493 e. The highest BCUT2D eigenvalue weighted by Crippen LogP contribution is 2.32. The first-order chi connectivity index (χ1) is 17.1. The Kier molecular flexibility index (Phi) is 8.25. The average molecular weight is 505 g/mol. The Labute approximate surface area is 211 Å². The maximum absolute atomic E-state index is 12.8. The van der Waals surface area contributed by atoms with Crippen LogP contribution in [0.15, 0.2) is 36.4 Å². The molecule has 2 aliphatic rings. The van der Waals surface area contributed by atoms with E-state index in [1.165, 1.54) is 23.3 Å². The summed E-state index contributed by atoms with van der Waals surface area (Å²) in [5.74, 6) is 1.25. The molecule has 5 nitrogen and oxygen atoms in total. The maximum Gasteiger partial charge on any atom is 0.416 e. The number of ether oxygens (including phenoxy) is 2. The average Bonchev–Trinajstić information content (AvgIpc) is 2.89. The molecule has 0 saturated carbocycles. The quantitative estimate of drug-likeness (QED) is 0.510. The summed E-state index contributed by atoms with van der Waals surface area (Å²) in [6.07, 6.45) is -2.32. The molecular formula is C28H35F3N2O3. The van der Waals surface area contributed by atoms with Crippen molar-refractivity contribution < 1.29 is 27.4 Å². The van der Waals surface area contributed by atoms with Crippen LogP contribution in [-0.2, 0) is 10.9 Å². The van der Waals surface area contributed by atoms with Crippen molar-refractivity contribution in [2.45, 2.75) is 45.8 Å². The summed E-state index contributed by atoms with van der Waals surface area (Å²) in [6, 6.07) is 8.85. The fourth-order valence-electron chi connectivity index (χ4n) is 5.04. The fraction of sp³-hybridized carbons (Fsp3) is 0.536. The van der Waals surface area contributed by atoms with E-state index in [0.29, 0.717) is 38.7 Å². The number of piperazine rings is 1. The minimum absolute atomic E-state index is 0.177. The van der Waals surface area contributed by atoms with Gasteiger partial charge in [-0.05, 0) is 86.6 Å². The SMILES string of the molecule is Cc1c(OCC2CCOCC2)ccc([C@@H](C)N2CCN(C(=O)c3ccc(C(F)(F)F)cc3)CC2)c1C. The third-order valence-corrected chi connectivity index (χ3v) is 7.65. The first-order valence-electron chi connectivity index (χ1n) is 12.7. The summed E-state index contributed by atoms with van der Waals surface area (Å²) in [5, 5.41) is 0. The lowest BCUT2D eigenvalue weighted by Gasteiger charge is -2.39. The predicted molar refractivity (Wildman–Crippen MR) is 132 cm³/mol. The molecule has 1 atom stereocenters. The number of rotatable bonds is 6. The molecule has 0 spiro atoms. The monoisotopic (exact) mass is 504 g/mol. The zero-order valence-corrected chi connectivity index (χ0v) is 21.2. The minimum Gasteiger partial charge on any atom is -0.493 e. The fourth-order valence-corrected chi connectivity index (χ4v) is 5.04. The molecule has 2 fully saturated rings. The number of carbonyl (C=O) groups excluding carboxylic acids is 1. The maximum atomic E-state index is 12.8. The molecule has 2 aliphatic heterocycles. The van der Waals surface area contributed by atoms with E-state index in [-0.39, 0.29) is 17.5 Å². The van der Waals surface area contributed by atoms with Crippen molar-refractivity contribution in [2.24, 2.45) is 5.92 Å². The zero-order valence-electron chi connectivity index (χ0n) is 21.2. The number of alkyl halides is 3. The van der Waals surface area contributed by atoms with Crippen LogP contribution in [0.2, 0.25) is 0 Å². The van der Waals surface area contributed by atoms with Crippen LogP contribution in [-0.4, -0.2) is 61.7 Å². The van der Waals surface area contributed by atoms with Crippen molar-refractivity contribution in [3.63, 3.8) is 0 Å². The number of halogens is 3. The van der Waals surface area contributed by atoms with Gasteiger partial charge in [-0.1, -0.05) is 6.07 Å². The topological polar surface area (TPSA) is 42.0 Å². The van der Waals surface area contributed by atoms with E-state index in [9.17, 15) is 18.0 Å². The van der Waals surface area contributed by atoms with E-state index in [1.807, 2.05) is 0 Å². The van der Waals surface area contributed by atoms with E-state index in [4.69, 9.17) is 9.47 Å². The Balaban J connectivity index is 1.34. The molecule has 36 heavy (non-hydrogen) atoms. The van der Waals surface area contributed by atoms with Crippen molar-refractivity contribution in [3.05, 3.63) is 64.2 Å². The number of hydrogen-bond acceptors (Lipinski definition) is 4. The van der Waals surface area contributed by atoms with Gasteiger partial charge >= 0.3 is 6.18 Å². The van der Waals surface area contributed by atoms with Gasteiger partial charge in [-0.3, -0.25) is 9.69 Å². The Hall–Kier alpha value is -2.58. The molecule has 0 aromatic heterocycles. The summed E-state index contributed by atoms with van der Waals surface area (Å²) in [7, 11) is 0. The van der Waals surface area contributed by atoms with E-state index >= 15 is 0 Å². The van der Waals surface area contributed by atoms with Gasteiger partial charge in [0.2, 0.25) is 0 Å². The Bertz CT molecular complexity index is 1040. The first-order valence-corrected chi connectivity index (χ1v) is 12.7. The number of benzene rings is 2. The molecule has 0 aliphatic carbocycles. The molecular weight excluding hydrogens is 469 g/mol. The Morgan fingerprint density at radius 3 is 2.25 bits per heavy atom. The molecule has 196 valence electrons. The zero-order chi connectivity index (χ0) is 25.9. The molecule has 1 amide bonds. The highest BCUT2D eigenvalue weighted by Gasteiger charge is 2.31. The first kappa shape index (κ1) is 26.5.